The van der Waals surface area contributed by atoms with Gasteiger partial charge < -0.3 is 14.9 Å². The van der Waals surface area contributed by atoms with Crippen molar-refractivity contribution in [3.63, 3.8) is 0 Å². The highest BCUT2D eigenvalue weighted by Gasteiger charge is 2.29. The van der Waals surface area contributed by atoms with Gasteiger partial charge in [-0.15, -0.1) is 0 Å². The van der Waals surface area contributed by atoms with Crippen LogP contribution in [0.3, 0.4) is 0 Å². The van der Waals surface area contributed by atoms with E-state index < -0.39 is 0 Å². The molecule has 1 fully saturated rings. The van der Waals surface area contributed by atoms with Gasteiger partial charge in [-0.1, -0.05) is 12.1 Å². The Morgan fingerprint density at radius 1 is 1.65 bits per heavy atom. The highest BCUT2D eigenvalue weighted by molar-refractivity contribution is 5.92. The van der Waals surface area contributed by atoms with Crippen LogP contribution in [0.15, 0.2) is 10.6 Å². The minimum Gasteiger partial charge on any atom is -0.396 e. The second-order valence-corrected chi connectivity index (χ2v) is 4.81. The first kappa shape index (κ1) is 12.1. The molecular formula is C12H18N2O3. The maximum atomic E-state index is 11.8. The topological polar surface area (TPSA) is 75.4 Å². The van der Waals surface area contributed by atoms with Gasteiger partial charge in [-0.2, -0.15) is 0 Å². The molecule has 5 nitrogen and oxygen atoms in total. The van der Waals surface area contributed by atoms with Crippen molar-refractivity contribution in [2.75, 3.05) is 6.61 Å². The zero-order valence-corrected chi connectivity index (χ0v) is 10.1. The number of aliphatic hydroxyl groups excluding tert-OH is 1. The minimum absolute atomic E-state index is 0.0220. The molecular weight excluding hydrogens is 220 g/mol. The molecule has 0 aliphatic heterocycles. The Kier molecular flexibility index (Phi) is 3.47. The maximum Gasteiger partial charge on any atom is 0.273 e. The summed E-state index contributed by atoms with van der Waals surface area (Å²) in [4.78, 5) is 11.8. The molecule has 0 bridgehead atoms. The predicted molar refractivity (Wildman–Crippen MR) is 61.7 cm³/mol. The zero-order chi connectivity index (χ0) is 12.4. The standard InChI is InChI=1S/C12H18N2O3/c1-7(6-15)8(2)13-12(16)10-5-11(17-14-10)9-3-4-9/h5,7-9,15H,3-4,6H2,1-2H3,(H,13,16). The predicted octanol–water partition coefficient (Wildman–Crippen LogP) is 1.30. The van der Waals surface area contributed by atoms with E-state index in [1.165, 1.54) is 0 Å². The van der Waals surface area contributed by atoms with E-state index >= 15 is 0 Å². The fourth-order valence-electron chi connectivity index (χ4n) is 1.54. The molecule has 2 rings (SSSR count). The Morgan fingerprint density at radius 3 is 2.94 bits per heavy atom. The summed E-state index contributed by atoms with van der Waals surface area (Å²) >= 11 is 0. The molecule has 17 heavy (non-hydrogen) atoms. The number of amides is 1. The van der Waals surface area contributed by atoms with Crippen LogP contribution in [0.1, 0.15) is 48.9 Å². The quantitative estimate of drug-likeness (QED) is 0.810. The van der Waals surface area contributed by atoms with Crippen molar-refractivity contribution in [2.45, 2.75) is 38.6 Å². The van der Waals surface area contributed by atoms with Crippen molar-refractivity contribution >= 4 is 5.91 Å². The summed E-state index contributed by atoms with van der Waals surface area (Å²) in [5, 5.41) is 15.6. The second-order valence-electron chi connectivity index (χ2n) is 4.81. The van der Waals surface area contributed by atoms with E-state index in [2.05, 4.69) is 10.5 Å². The van der Waals surface area contributed by atoms with Crippen molar-refractivity contribution < 1.29 is 14.4 Å². The third kappa shape index (κ3) is 2.85. The van der Waals surface area contributed by atoms with Gasteiger partial charge in [-0.25, -0.2) is 0 Å². The molecule has 0 aromatic carbocycles. The third-order valence-electron chi connectivity index (χ3n) is 3.24. The van der Waals surface area contributed by atoms with Gasteiger partial charge in [0.1, 0.15) is 5.76 Å². The van der Waals surface area contributed by atoms with Crippen molar-refractivity contribution in [2.24, 2.45) is 5.92 Å². The molecule has 94 valence electrons. The maximum absolute atomic E-state index is 11.8. The van der Waals surface area contributed by atoms with E-state index in [-0.39, 0.29) is 24.5 Å². The smallest absolute Gasteiger partial charge is 0.273 e. The first-order valence-corrected chi connectivity index (χ1v) is 6.00. The molecule has 0 saturated heterocycles. The second kappa shape index (κ2) is 4.87. The average Bonchev–Trinajstić information content (AvgIpc) is 3.05. The number of carbonyl (C=O) groups is 1. The number of hydrogen-bond acceptors (Lipinski definition) is 4. The van der Waals surface area contributed by atoms with Gasteiger partial charge in [-0.05, 0) is 25.7 Å². The molecule has 1 aliphatic rings. The van der Waals surface area contributed by atoms with E-state index in [1.54, 1.807) is 6.07 Å². The third-order valence-corrected chi connectivity index (χ3v) is 3.24. The zero-order valence-electron chi connectivity index (χ0n) is 10.1. The lowest BCUT2D eigenvalue weighted by molar-refractivity contribution is 0.0907. The van der Waals surface area contributed by atoms with Crippen LogP contribution in [0.25, 0.3) is 0 Å². The molecule has 1 aromatic rings. The van der Waals surface area contributed by atoms with Crippen LogP contribution in [-0.2, 0) is 0 Å². The molecule has 2 atom stereocenters. The average molecular weight is 238 g/mol. The number of aromatic nitrogens is 1. The lowest BCUT2D eigenvalue weighted by atomic mass is 10.1. The summed E-state index contributed by atoms with van der Waals surface area (Å²) in [6.45, 7) is 3.79. The van der Waals surface area contributed by atoms with Crippen molar-refractivity contribution in [3.05, 3.63) is 17.5 Å². The molecule has 2 N–H and O–H groups in total. The van der Waals surface area contributed by atoms with E-state index in [9.17, 15) is 4.79 Å². The summed E-state index contributed by atoms with van der Waals surface area (Å²) < 4.78 is 5.12. The van der Waals surface area contributed by atoms with Crippen LogP contribution < -0.4 is 5.32 Å². The van der Waals surface area contributed by atoms with Gasteiger partial charge in [-0.3, -0.25) is 4.79 Å². The molecule has 5 heteroatoms. The van der Waals surface area contributed by atoms with E-state index in [4.69, 9.17) is 9.63 Å². The van der Waals surface area contributed by atoms with E-state index in [0.717, 1.165) is 18.6 Å². The number of nitrogens with zero attached hydrogens (tertiary/aromatic N) is 1. The Morgan fingerprint density at radius 2 is 2.35 bits per heavy atom. The Hall–Kier alpha value is -1.36. The van der Waals surface area contributed by atoms with Gasteiger partial charge in [0.25, 0.3) is 5.91 Å². The van der Waals surface area contributed by atoms with Gasteiger partial charge in [0.05, 0.1) is 0 Å². The fraction of sp³-hybridized carbons (Fsp3) is 0.667. The minimum atomic E-state index is -0.242. The molecule has 0 radical (unpaired) electrons. The van der Waals surface area contributed by atoms with Crippen molar-refractivity contribution in [1.29, 1.82) is 0 Å². The van der Waals surface area contributed by atoms with Crippen LogP contribution in [0, 0.1) is 5.92 Å². The highest BCUT2D eigenvalue weighted by Crippen LogP contribution is 2.40. The Labute approximate surface area is 100 Å². The van der Waals surface area contributed by atoms with Crippen molar-refractivity contribution in [1.82, 2.24) is 10.5 Å². The molecule has 2 unspecified atom stereocenters. The van der Waals surface area contributed by atoms with E-state index in [1.807, 2.05) is 13.8 Å². The largest absolute Gasteiger partial charge is 0.396 e. The Balaban J connectivity index is 1.94. The van der Waals surface area contributed by atoms with Crippen LogP contribution >= 0.6 is 0 Å². The number of hydrogen-bond donors (Lipinski definition) is 2. The molecule has 0 spiro atoms. The lowest BCUT2D eigenvalue weighted by Crippen LogP contribution is -2.38. The first-order chi connectivity index (χ1) is 8.11. The fourth-order valence-corrected chi connectivity index (χ4v) is 1.54. The van der Waals surface area contributed by atoms with Crippen LogP contribution in [0.2, 0.25) is 0 Å². The van der Waals surface area contributed by atoms with Gasteiger partial charge >= 0.3 is 0 Å². The first-order valence-electron chi connectivity index (χ1n) is 6.00. The monoisotopic (exact) mass is 238 g/mol. The summed E-state index contributed by atoms with van der Waals surface area (Å²) in [6.07, 6.45) is 2.24. The summed E-state index contributed by atoms with van der Waals surface area (Å²) in [7, 11) is 0. The number of carbonyl (C=O) groups excluding carboxylic acids is 1. The van der Waals surface area contributed by atoms with Crippen LogP contribution in [-0.4, -0.2) is 28.8 Å². The van der Waals surface area contributed by atoms with Crippen molar-refractivity contribution in [3.8, 4) is 0 Å². The molecule has 1 aliphatic carbocycles. The highest BCUT2D eigenvalue weighted by atomic mass is 16.5. The van der Waals surface area contributed by atoms with Crippen LogP contribution in [0.4, 0.5) is 0 Å². The summed E-state index contributed by atoms with van der Waals surface area (Å²) in [5.74, 6) is 1.04. The number of nitrogens with one attached hydrogen (secondary N) is 1. The summed E-state index contributed by atoms with van der Waals surface area (Å²) in [6, 6.07) is 1.62. The molecule has 1 amide bonds. The number of rotatable bonds is 5. The van der Waals surface area contributed by atoms with Crippen LogP contribution in [0.5, 0.6) is 0 Å². The van der Waals surface area contributed by atoms with Gasteiger partial charge in [0.2, 0.25) is 0 Å². The van der Waals surface area contributed by atoms with Gasteiger partial charge in [0.15, 0.2) is 5.69 Å². The van der Waals surface area contributed by atoms with E-state index in [0.29, 0.717) is 11.6 Å². The molecule has 1 heterocycles. The lowest BCUT2D eigenvalue weighted by Gasteiger charge is -2.18. The SMILES string of the molecule is CC(CO)C(C)NC(=O)c1cc(C2CC2)on1. The van der Waals surface area contributed by atoms with Gasteiger partial charge in [0, 0.05) is 24.6 Å². The summed E-state index contributed by atoms with van der Waals surface area (Å²) in [5.41, 5.74) is 0.323. The number of aliphatic hydroxyl groups is 1. The Bertz CT molecular complexity index is 398. The molecule has 1 aromatic heterocycles. The molecule has 1 saturated carbocycles. The normalized spacial score (nSPS) is 18.8.